The third-order valence-electron chi connectivity index (χ3n) is 20.4. The van der Waals surface area contributed by atoms with Crippen molar-refractivity contribution >= 4 is 29.8 Å². The summed E-state index contributed by atoms with van der Waals surface area (Å²) in [6.45, 7) is 28.0. The second kappa shape index (κ2) is 22.1. The highest BCUT2D eigenvalue weighted by atomic mass is 16.7. The average Bonchev–Trinajstić information content (AvgIpc) is 4.18. The van der Waals surface area contributed by atoms with E-state index in [0.717, 1.165) is 77.0 Å². The molecular formula is C60H100O12. The van der Waals surface area contributed by atoms with Gasteiger partial charge in [-0.25, -0.2) is 0 Å². The van der Waals surface area contributed by atoms with E-state index >= 15 is 0 Å². The van der Waals surface area contributed by atoms with Crippen LogP contribution in [0.3, 0.4) is 0 Å². The minimum atomic E-state index is -0.555. The van der Waals surface area contributed by atoms with Gasteiger partial charge in [-0.1, -0.05) is 60.8 Å². The lowest BCUT2D eigenvalue weighted by Gasteiger charge is -2.59. The smallest absolute Gasteiger partial charge is 0.312 e. The van der Waals surface area contributed by atoms with Gasteiger partial charge in [0.05, 0.1) is 39.3 Å². The summed E-state index contributed by atoms with van der Waals surface area (Å²) in [6.07, 6.45) is 24.8. The number of rotatable bonds is 14. The Kier molecular flexibility index (Phi) is 18.0. The van der Waals surface area contributed by atoms with E-state index in [2.05, 4.69) is 20.8 Å². The molecule has 0 aromatic rings. The van der Waals surface area contributed by atoms with Crippen LogP contribution >= 0.6 is 0 Å². The van der Waals surface area contributed by atoms with Crippen LogP contribution in [0.2, 0.25) is 0 Å². The Labute approximate surface area is 435 Å². The summed E-state index contributed by atoms with van der Waals surface area (Å²) < 4.78 is 34.5. The van der Waals surface area contributed by atoms with Crippen LogP contribution in [-0.2, 0) is 52.4 Å². The second-order valence-electron chi connectivity index (χ2n) is 27.0. The SMILES string of the molecule is CCC(C)(C)C(=O)OC1(CC)CCCCC12CCCC2.CCC(C)(C)C(=O)OC12CC3CC(CC(O)(C3)C1)C2.CCC(C)(C)C(=O)OC1C2CC3C(=O)OC1C3O2.CCC1(OC(=O)C(C)(C)CC)CCCC1. The molecule has 8 atom stereocenters. The Morgan fingerprint density at radius 1 is 0.569 bits per heavy atom. The lowest BCUT2D eigenvalue weighted by molar-refractivity contribution is -0.225. The van der Waals surface area contributed by atoms with Crippen molar-refractivity contribution in [2.24, 2.45) is 44.8 Å². The Balaban J connectivity index is 0.000000158. The van der Waals surface area contributed by atoms with Crippen LogP contribution in [-0.4, -0.2) is 81.8 Å². The van der Waals surface area contributed by atoms with Crippen LogP contribution in [0.25, 0.3) is 0 Å². The van der Waals surface area contributed by atoms with Gasteiger partial charge in [0.25, 0.3) is 0 Å². The quantitative estimate of drug-likeness (QED) is 0.130. The van der Waals surface area contributed by atoms with Crippen LogP contribution in [0.5, 0.6) is 0 Å². The molecular weight excluding hydrogens is 913 g/mol. The molecule has 1 N–H and O–H groups in total. The summed E-state index contributed by atoms with van der Waals surface area (Å²) in [7, 11) is 0. The highest BCUT2D eigenvalue weighted by Gasteiger charge is 2.65. The molecule has 7 saturated carbocycles. The summed E-state index contributed by atoms with van der Waals surface area (Å²) in [5.41, 5.74) is -2.53. The average molecular weight is 1010 g/mol. The normalized spacial score (nSPS) is 34.4. The number of esters is 5. The third kappa shape index (κ3) is 12.1. The molecule has 72 heavy (non-hydrogen) atoms. The van der Waals surface area contributed by atoms with Crippen molar-refractivity contribution in [1.29, 1.82) is 0 Å². The molecule has 10 rings (SSSR count). The van der Waals surface area contributed by atoms with Gasteiger partial charge in [0.15, 0.2) is 12.2 Å². The maximum Gasteiger partial charge on any atom is 0.312 e. The molecule has 0 aromatic heterocycles. The standard InChI is InChI=1S/C18H32O2.C16H26O3.C13H18O5.C13H24O2/c1-5-16(3,4)15(19)20-18(6-2)14-10-9-13-17(18)11-7-8-12-17;1-4-14(2,3)13(17)19-16-8-11-5-12(9-16)7-15(18,6-11)10-16;1-4-13(2,3)12(15)18-9-7-5-6-8(16-7)10(9)17-11(6)14;1-5-12(3,4)11(14)15-13(6-2)9-7-8-10-13/h5-14H2,1-4H3;11-12,18H,4-10H2,1-3H3;6-10H,4-5H2,1-3H3;5-10H2,1-4H3. The van der Waals surface area contributed by atoms with Crippen molar-refractivity contribution in [2.45, 2.75) is 304 Å². The Morgan fingerprint density at radius 3 is 1.50 bits per heavy atom. The van der Waals surface area contributed by atoms with Gasteiger partial charge in [0, 0.05) is 11.8 Å². The number of hydrogen-bond acceptors (Lipinski definition) is 12. The fraction of sp³-hybridized carbons (Fsp3) is 0.917. The van der Waals surface area contributed by atoms with E-state index in [1.54, 1.807) is 0 Å². The van der Waals surface area contributed by atoms with Crippen LogP contribution in [0.1, 0.15) is 257 Å². The Bertz CT molecular complexity index is 1900. The predicted octanol–water partition coefficient (Wildman–Crippen LogP) is 13.0. The maximum atomic E-state index is 12.6. The van der Waals surface area contributed by atoms with Crippen molar-refractivity contribution in [3.8, 4) is 0 Å². The van der Waals surface area contributed by atoms with Gasteiger partial charge >= 0.3 is 29.8 Å². The van der Waals surface area contributed by atoms with Crippen LogP contribution in [0.4, 0.5) is 0 Å². The summed E-state index contributed by atoms with van der Waals surface area (Å²) in [6, 6.07) is 0. The summed E-state index contributed by atoms with van der Waals surface area (Å²) in [4.78, 5) is 60.6. The molecule has 412 valence electrons. The van der Waals surface area contributed by atoms with Gasteiger partial charge in [-0.2, -0.15) is 0 Å². The number of hydrogen-bond donors (Lipinski definition) is 1. The predicted molar refractivity (Wildman–Crippen MR) is 277 cm³/mol. The highest BCUT2D eigenvalue weighted by molar-refractivity contribution is 5.79. The molecule has 0 radical (unpaired) electrons. The molecule has 3 heterocycles. The highest BCUT2D eigenvalue weighted by Crippen LogP contribution is 2.60. The van der Waals surface area contributed by atoms with Gasteiger partial charge in [-0.05, 0) is 202 Å². The van der Waals surface area contributed by atoms with Crippen LogP contribution < -0.4 is 0 Å². The molecule has 3 aliphatic heterocycles. The van der Waals surface area contributed by atoms with E-state index in [9.17, 15) is 29.1 Å². The minimum Gasteiger partial charge on any atom is -0.459 e. The first kappa shape index (κ1) is 58.5. The molecule has 1 spiro atoms. The molecule has 10 aliphatic rings. The minimum absolute atomic E-state index is 0.0197. The maximum absolute atomic E-state index is 12.6. The topological polar surface area (TPSA) is 161 Å². The molecule has 0 amide bonds. The van der Waals surface area contributed by atoms with Crippen molar-refractivity contribution in [1.82, 2.24) is 0 Å². The van der Waals surface area contributed by atoms with Crippen molar-refractivity contribution in [3.63, 3.8) is 0 Å². The number of carbonyl (C=O) groups is 5. The van der Waals surface area contributed by atoms with Crippen molar-refractivity contribution in [3.05, 3.63) is 0 Å². The zero-order valence-electron chi connectivity index (χ0n) is 47.7. The van der Waals surface area contributed by atoms with E-state index in [0.29, 0.717) is 36.5 Å². The fourth-order valence-electron chi connectivity index (χ4n) is 13.9. The summed E-state index contributed by atoms with van der Waals surface area (Å²) in [5, 5.41) is 10.6. The van der Waals surface area contributed by atoms with Gasteiger partial charge in [-0.3, -0.25) is 24.0 Å². The molecule has 3 saturated heterocycles. The van der Waals surface area contributed by atoms with E-state index < -0.39 is 28.6 Å². The molecule has 6 bridgehead atoms. The number of ether oxygens (including phenoxy) is 6. The zero-order valence-corrected chi connectivity index (χ0v) is 47.7. The van der Waals surface area contributed by atoms with Crippen molar-refractivity contribution in [2.75, 3.05) is 0 Å². The third-order valence-corrected chi connectivity index (χ3v) is 20.4. The monoisotopic (exact) mass is 1010 g/mol. The van der Waals surface area contributed by atoms with E-state index in [4.69, 9.17) is 28.4 Å². The largest absolute Gasteiger partial charge is 0.459 e. The Hall–Kier alpha value is -2.73. The first-order valence-corrected chi connectivity index (χ1v) is 29.1. The fourth-order valence-corrected chi connectivity index (χ4v) is 13.9. The Morgan fingerprint density at radius 2 is 1.03 bits per heavy atom. The van der Waals surface area contributed by atoms with Crippen LogP contribution in [0, 0.1) is 44.8 Å². The van der Waals surface area contributed by atoms with Crippen LogP contribution in [0.15, 0.2) is 0 Å². The second-order valence-corrected chi connectivity index (χ2v) is 27.0. The summed E-state index contributed by atoms with van der Waals surface area (Å²) >= 11 is 0. The first-order chi connectivity index (χ1) is 33.6. The number of fused-ring (bicyclic) bond motifs is 1. The molecule has 12 heteroatoms. The molecule has 7 aliphatic carbocycles. The van der Waals surface area contributed by atoms with Gasteiger partial charge in [0.2, 0.25) is 0 Å². The molecule has 10 fully saturated rings. The number of carbonyl (C=O) groups excluding carboxylic acids is 5. The van der Waals surface area contributed by atoms with E-state index in [1.807, 2.05) is 76.2 Å². The van der Waals surface area contributed by atoms with E-state index in [1.165, 1.54) is 64.2 Å². The molecule has 8 unspecified atom stereocenters. The van der Waals surface area contributed by atoms with Gasteiger partial charge < -0.3 is 33.5 Å². The summed E-state index contributed by atoms with van der Waals surface area (Å²) in [5.74, 6) is 0.442. The zero-order chi connectivity index (χ0) is 53.3. The van der Waals surface area contributed by atoms with E-state index in [-0.39, 0.29) is 75.6 Å². The van der Waals surface area contributed by atoms with Gasteiger partial charge in [-0.15, -0.1) is 0 Å². The van der Waals surface area contributed by atoms with Gasteiger partial charge in [0.1, 0.15) is 22.9 Å². The first-order valence-electron chi connectivity index (χ1n) is 29.1. The lowest BCUT2D eigenvalue weighted by Crippen LogP contribution is -2.61. The number of aliphatic hydroxyl groups is 1. The molecule has 12 nitrogen and oxygen atoms in total. The molecule has 0 aromatic carbocycles. The lowest BCUT2D eigenvalue weighted by atomic mass is 9.52. The van der Waals surface area contributed by atoms with Crippen molar-refractivity contribution < 1.29 is 57.5 Å².